The van der Waals surface area contributed by atoms with Gasteiger partial charge in [0.15, 0.2) is 0 Å². The van der Waals surface area contributed by atoms with Crippen LogP contribution in [0, 0.1) is 6.92 Å². The maximum atomic E-state index is 14.7. The highest BCUT2D eigenvalue weighted by atomic mass is 79.9. The number of anilines is 1. The maximum Gasteiger partial charge on any atom is 0.264 e. The minimum absolute atomic E-state index is 0.0337. The summed E-state index contributed by atoms with van der Waals surface area (Å²) in [6.07, 6.45) is 5.29. The number of amides is 2. The van der Waals surface area contributed by atoms with Gasteiger partial charge in [0, 0.05) is 23.5 Å². The van der Waals surface area contributed by atoms with Crippen molar-refractivity contribution in [1.82, 2.24) is 10.2 Å². The topological polar surface area (TPSA) is 96.0 Å². The standard InChI is InChI=1S/C39H44BrN3O5S/c1-3-48-35-22-20-34(21-23-35)43(49(46,47)36-24-14-29(2)15-25-36)28-38(44)42(27-31-16-18-32(40)19-17-31)37(26-30-10-6-4-7-11-30)39(45)41-33-12-8-5-9-13-33/h4,6-7,10-11,14-25,33,37H,3,5,8-9,12-13,26-28H2,1-2H3,(H,41,45)/t37-/m1/s1. The summed E-state index contributed by atoms with van der Waals surface area (Å²) in [6, 6.07) is 29.6. The number of benzene rings is 4. The molecule has 5 rings (SSSR count). The highest BCUT2D eigenvalue weighted by Gasteiger charge is 2.35. The van der Waals surface area contributed by atoms with Gasteiger partial charge in [-0.05, 0) is 86.3 Å². The Kier molecular flexibility index (Phi) is 12.5. The number of ether oxygens (including phenoxy) is 1. The first-order valence-electron chi connectivity index (χ1n) is 16.8. The molecule has 0 aromatic heterocycles. The molecule has 1 aliphatic rings. The first kappa shape index (κ1) is 36.1. The van der Waals surface area contributed by atoms with Crippen LogP contribution >= 0.6 is 15.9 Å². The van der Waals surface area contributed by atoms with Gasteiger partial charge < -0.3 is 15.0 Å². The van der Waals surface area contributed by atoms with E-state index in [1.165, 1.54) is 0 Å². The number of halogens is 1. The number of hydrogen-bond donors (Lipinski definition) is 1. The quantitative estimate of drug-likeness (QED) is 0.145. The van der Waals surface area contributed by atoms with E-state index in [0.717, 1.165) is 57.6 Å². The summed E-state index contributed by atoms with van der Waals surface area (Å²) in [7, 11) is -4.19. The zero-order valence-corrected chi connectivity index (χ0v) is 30.5. The molecule has 8 nitrogen and oxygen atoms in total. The van der Waals surface area contributed by atoms with Gasteiger partial charge >= 0.3 is 0 Å². The van der Waals surface area contributed by atoms with Gasteiger partial charge in [0.1, 0.15) is 18.3 Å². The molecule has 1 N–H and O–H groups in total. The third-order valence-corrected chi connectivity index (χ3v) is 11.1. The molecule has 0 radical (unpaired) electrons. The molecule has 0 spiro atoms. The van der Waals surface area contributed by atoms with Crippen molar-refractivity contribution < 1.29 is 22.7 Å². The van der Waals surface area contributed by atoms with Crippen molar-refractivity contribution in [2.45, 2.75) is 75.9 Å². The van der Waals surface area contributed by atoms with E-state index in [2.05, 4.69) is 21.2 Å². The van der Waals surface area contributed by atoms with Crippen LogP contribution in [0.4, 0.5) is 5.69 Å². The summed E-state index contributed by atoms with van der Waals surface area (Å²) in [5.41, 5.74) is 2.94. The Balaban J connectivity index is 1.56. The Morgan fingerprint density at radius 3 is 2.14 bits per heavy atom. The number of carbonyl (C=O) groups excluding carboxylic acids is 2. The summed E-state index contributed by atoms with van der Waals surface area (Å²) < 4.78 is 36.2. The Bertz CT molecular complexity index is 1780. The van der Waals surface area contributed by atoms with Crippen molar-refractivity contribution in [2.24, 2.45) is 0 Å². The third-order valence-electron chi connectivity index (χ3n) is 8.81. The molecule has 49 heavy (non-hydrogen) atoms. The summed E-state index contributed by atoms with van der Waals surface area (Å²) in [5, 5.41) is 3.25. The molecule has 4 aromatic carbocycles. The molecule has 0 heterocycles. The molecule has 0 aliphatic heterocycles. The summed E-state index contributed by atoms with van der Waals surface area (Å²) in [5.74, 6) is -0.146. The molecular weight excluding hydrogens is 702 g/mol. The van der Waals surface area contributed by atoms with Crippen molar-refractivity contribution in [3.63, 3.8) is 0 Å². The zero-order valence-electron chi connectivity index (χ0n) is 28.1. The lowest BCUT2D eigenvalue weighted by Crippen LogP contribution is -2.55. The molecule has 4 aromatic rings. The van der Waals surface area contributed by atoms with E-state index in [-0.39, 0.29) is 29.8 Å². The van der Waals surface area contributed by atoms with E-state index in [4.69, 9.17) is 4.74 Å². The molecule has 2 amide bonds. The van der Waals surface area contributed by atoms with Gasteiger partial charge in [-0.3, -0.25) is 13.9 Å². The molecule has 1 fully saturated rings. The van der Waals surface area contributed by atoms with E-state index in [1.807, 2.05) is 68.4 Å². The third kappa shape index (κ3) is 9.73. The molecule has 0 unspecified atom stereocenters. The average Bonchev–Trinajstić information content (AvgIpc) is 3.11. The van der Waals surface area contributed by atoms with E-state index in [0.29, 0.717) is 18.0 Å². The summed E-state index contributed by atoms with van der Waals surface area (Å²) in [4.78, 5) is 30.6. The molecule has 258 valence electrons. The molecule has 1 aliphatic carbocycles. The molecule has 0 bridgehead atoms. The monoisotopic (exact) mass is 745 g/mol. The lowest BCUT2D eigenvalue weighted by molar-refractivity contribution is -0.140. The average molecular weight is 747 g/mol. The fourth-order valence-corrected chi connectivity index (χ4v) is 7.80. The molecular formula is C39H44BrN3O5S. The lowest BCUT2D eigenvalue weighted by Gasteiger charge is -2.35. The van der Waals surface area contributed by atoms with E-state index in [9.17, 15) is 18.0 Å². The van der Waals surface area contributed by atoms with Crippen LogP contribution in [0.2, 0.25) is 0 Å². The van der Waals surface area contributed by atoms with Gasteiger partial charge in [-0.25, -0.2) is 8.42 Å². The number of hydrogen-bond acceptors (Lipinski definition) is 5. The van der Waals surface area contributed by atoms with Crippen molar-refractivity contribution >= 4 is 43.5 Å². The zero-order chi connectivity index (χ0) is 34.8. The normalized spacial score (nSPS) is 14.1. The van der Waals surface area contributed by atoms with Crippen LogP contribution in [0.1, 0.15) is 55.7 Å². The number of nitrogens with one attached hydrogen (secondary N) is 1. The number of aryl methyl sites for hydroxylation is 1. The van der Waals surface area contributed by atoms with Crippen LogP contribution in [0.15, 0.2) is 112 Å². The van der Waals surface area contributed by atoms with Gasteiger partial charge in [-0.2, -0.15) is 0 Å². The van der Waals surface area contributed by atoms with Crippen LogP contribution < -0.4 is 14.4 Å². The molecule has 1 saturated carbocycles. The lowest BCUT2D eigenvalue weighted by atomic mass is 9.94. The Morgan fingerprint density at radius 2 is 1.51 bits per heavy atom. The van der Waals surface area contributed by atoms with E-state index in [1.54, 1.807) is 53.4 Å². The Labute approximate surface area is 298 Å². The largest absolute Gasteiger partial charge is 0.494 e. The van der Waals surface area contributed by atoms with E-state index < -0.39 is 28.5 Å². The minimum atomic E-state index is -4.19. The highest BCUT2D eigenvalue weighted by molar-refractivity contribution is 9.10. The smallest absolute Gasteiger partial charge is 0.264 e. The summed E-state index contributed by atoms with van der Waals surface area (Å²) in [6.45, 7) is 3.82. The van der Waals surface area contributed by atoms with Crippen molar-refractivity contribution in [1.29, 1.82) is 0 Å². The first-order valence-corrected chi connectivity index (χ1v) is 19.1. The SMILES string of the molecule is CCOc1ccc(N(CC(=O)N(Cc2ccc(Br)cc2)[C@H](Cc2ccccc2)C(=O)NC2CCCCC2)S(=O)(=O)c2ccc(C)cc2)cc1. The van der Waals surface area contributed by atoms with Gasteiger partial charge in [-0.15, -0.1) is 0 Å². The van der Waals surface area contributed by atoms with Crippen LogP contribution in [0.5, 0.6) is 5.75 Å². The highest BCUT2D eigenvalue weighted by Crippen LogP contribution is 2.28. The number of nitrogens with zero attached hydrogens (tertiary/aromatic N) is 2. The fraction of sp³-hybridized carbons (Fsp3) is 0.333. The number of sulfonamides is 1. The van der Waals surface area contributed by atoms with Crippen LogP contribution in [-0.4, -0.2) is 50.4 Å². The Morgan fingerprint density at radius 1 is 0.857 bits per heavy atom. The predicted molar refractivity (Wildman–Crippen MR) is 197 cm³/mol. The molecule has 1 atom stereocenters. The van der Waals surface area contributed by atoms with E-state index >= 15 is 0 Å². The van der Waals surface area contributed by atoms with Gasteiger partial charge in [-0.1, -0.05) is 95.4 Å². The second-order valence-electron chi connectivity index (χ2n) is 12.4. The predicted octanol–water partition coefficient (Wildman–Crippen LogP) is 7.44. The maximum absolute atomic E-state index is 14.7. The van der Waals surface area contributed by atoms with Crippen LogP contribution in [0.25, 0.3) is 0 Å². The minimum Gasteiger partial charge on any atom is -0.494 e. The number of rotatable bonds is 14. The second kappa shape index (κ2) is 17.0. The first-order chi connectivity index (χ1) is 23.6. The van der Waals surface area contributed by atoms with Crippen molar-refractivity contribution in [3.8, 4) is 5.75 Å². The molecule has 0 saturated heterocycles. The van der Waals surface area contributed by atoms with Gasteiger partial charge in [0.25, 0.3) is 10.0 Å². The number of carbonyl (C=O) groups is 2. The second-order valence-corrected chi connectivity index (χ2v) is 15.2. The Hall–Kier alpha value is -4.15. The fourth-order valence-electron chi connectivity index (χ4n) is 6.13. The summed E-state index contributed by atoms with van der Waals surface area (Å²) >= 11 is 3.49. The van der Waals surface area contributed by atoms with Crippen LogP contribution in [-0.2, 0) is 32.6 Å². The van der Waals surface area contributed by atoms with Gasteiger partial charge in [0.05, 0.1) is 17.2 Å². The van der Waals surface area contributed by atoms with Crippen molar-refractivity contribution in [2.75, 3.05) is 17.5 Å². The van der Waals surface area contributed by atoms with Crippen LogP contribution in [0.3, 0.4) is 0 Å². The van der Waals surface area contributed by atoms with Crippen molar-refractivity contribution in [3.05, 3.63) is 124 Å². The van der Waals surface area contributed by atoms with Gasteiger partial charge in [0.2, 0.25) is 11.8 Å². The molecule has 10 heteroatoms.